The molecule has 3 atom stereocenters. The van der Waals surface area contributed by atoms with Crippen LogP contribution in [0.25, 0.3) is 0 Å². The minimum atomic E-state index is -0.418. The van der Waals surface area contributed by atoms with Crippen LogP contribution in [0.2, 0.25) is 0 Å². The van der Waals surface area contributed by atoms with Gasteiger partial charge < -0.3 is 25.8 Å². The van der Waals surface area contributed by atoms with E-state index in [4.69, 9.17) is 21.3 Å². The number of urea groups is 1. The minimum absolute atomic E-state index is 0.0456. The number of allylic oxidation sites excluding steroid dienone is 1. The van der Waals surface area contributed by atoms with Gasteiger partial charge in [0.05, 0.1) is 37.8 Å². The number of nitrogens with two attached hydrogens (primary N) is 1. The predicted molar refractivity (Wildman–Crippen MR) is 176 cm³/mol. The number of carbonyl (C=O) groups is 1. The molecule has 0 spiro atoms. The molecule has 0 unspecified atom stereocenters. The first-order valence-electron chi connectivity index (χ1n) is 15.9. The standard InChI is InChI=1S/C33H44N10O3/c1-3-23(34)18-31(38-24-19-37-41(20-24)16-17-44)40-33(45)39-28-12-13-29(27-10-5-4-9-26(27)28)46-25-11-14-30(35)43(21-25)32(36)42-15-7-6-8-22(42)2/h4-5,9-11,14,18-22,28-29,35-36,44H,3,6-8,12-13,15-17,34H2,1-2H3,(H2,38,39,40,45)/t22-,28-,29+/m0/s1. The zero-order valence-corrected chi connectivity index (χ0v) is 26.4. The summed E-state index contributed by atoms with van der Waals surface area (Å²) in [6.07, 6.45) is 11.4. The monoisotopic (exact) mass is 628 g/mol. The maximum absolute atomic E-state index is 13.3. The van der Waals surface area contributed by atoms with Gasteiger partial charge in [-0.05, 0) is 74.8 Å². The van der Waals surface area contributed by atoms with Crippen LogP contribution in [0.1, 0.15) is 75.6 Å². The van der Waals surface area contributed by atoms with E-state index >= 15 is 0 Å². The Morgan fingerprint density at radius 2 is 1.98 bits per heavy atom. The molecule has 0 saturated carbocycles. The zero-order chi connectivity index (χ0) is 32.6. The number of benzene rings is 1. The van der Waals surface area contributed by atoms with Crippen LogP contribution in [0.4, 0.5) is 10.5 Å². The van der Waals surface area contributed by atoms with Crippen molar-refractivity contribution in [1.29, 1.82) is 10.8 Å². The van der Waals surface area contributed by atoms with Crippen molar-refractivity contribution in [3.63, 3.8) is 0 Å². The number of hydrogen-bond donors (Lipinski definition) is 6. The molecule has 13 nitrogen and oxygen atoms in total. The number of amides is 2. The van der Waals surface area contributed by atoms with Crippen molar-refractivity contribution in [3.05, 3.63) is 83.4 Å². The van der Waals surface area contributed by atoms with Gasteiger partial charge in [0.15, 0.2) is 0 Å². The second-order valence-electron chi connectivity index (χ2n) is 11.7. The Balaban J connectivity index is 1.30. The highest BCUT2D eigenvalue weighted by Crippen LogP contribution is 2.38. The van der Waals surface area contributed by atoms with E-state index in [-0.39, 0.29) is 36.1 Å². The molecule has 1 saturated heterocycles. The van der Waals surface area contributed by atoms with Crippen LogP contribution >= 0.6 is 0 Å². The molecule has 1 aliphatic heterocycles. The highest BCUT2D eigenvalue weighted by atomic mass is 16.5. The minimum Gasteiger partial charge on any atom is -0.484 e. The van der Waals surface area contributed by atoms with Crippen LogP contribution in [-0.2, 0) is 6.54 Å². The molecule has 0 bridgehead atoms. The third-order valence-electron chi connectivity index (χ3n) is 8.41. The number of pyridine rings is 1. The Hall–Kier alpha value is -4.91. The zero-order valence-electron chi connectivity index (χ0n) is 26.4. The smallest absolute Gasteiger partial charge is 0.320 e. The predicted octanol–water partition coefficient (Wildman–Crippen LogP) is 4.05. The van der Waals surface area contributed by atoms with Crippen molar-refractivity contribution in [2.45, 2.75) is 77.1 Å². The number of likely N-dealkylation sites (tertiary alicyclic amines) is 1. The fraction of sp³-hybridized carbons (Fsp3) is 0.424. The van der Waals surface area contributed by atoms with Crippen LogP contribution in [0.3, 0.4) is 0 Å². The van der Waals surface area contributed by atoms with Crippen molar-refractivity contribution < 1.29 is 14.6 Å². The highest BCUT2D eigenvalue weighted by Gasteiger charge is 2.30. The van der Waals surface area contributed by atoms with Gasteiger partial charge in [-0.2, -0.15) is 5.10 Å². The fourth-order valence-corrected chi connectivity index (χ4v) is 5.92. The number of piperidine rings is 1. The quantitative estimate of drug-likeness (QED) is 0.162. The number of aliphatic imine (C=N–C) groups is 1. The van der Waals surface area contributed by atoms with Crippen molar-refractivity contribution >= 4 is 23.5 Å². The Morgan fingerprint density at radius 3 is 2.74 bits per heavy atom. The molecule has 3 aromatic rings. The molecule has 5 rings (SSSR count). The summed E-state index contributed by atoms with van der Waals surface area (Å²) in [5, 5.41) is 36.6. The van der Waals surface area contributed by atoms with Crippen LogP contribution in [0.5, 0.6) is 5.75 Å². The molecular weight excluding hydrogens is 584 g/mol. The van der Waals surface area contributed by atoms with Gasteiger partial charge in [0.25, 0.3) is 0 Å². The van der Waals surface area contributed by atoms with Crippen molar-refractivity contribution in [3.8, 4) is 5.75 Å². The van der Waals surface area contributed by atoms with E-state index in [1.165, 1.54) is 0 Å². The SMILES string of the molecule is CCC(N)=CC(=Nc1cnn(CCO)c1)NC(=O)N[C@H]1CC[C@@H](Oc2ccc(=N)n(C(=N)N3CCCC[C@@H]3C)c2)c2ccccc21. The van der Waals surface area contributed by atoms with E-state index in [2.05, 4.69) is 32.5 Å². The maximum atomic E-state index is 13.3. The average molecular weight is 629 g/mol. The first-order valence-corrected chi connectivity index (χ1v) is 15.9. The summed E-state index contributed by atoms with van der Waals surface area (Å²) in [6, 6.07) is 10.9. The van der Waals surface area contributed by atoms with Gasteiger partial charge in [-0.3, -0.25) is 25.4 Å². The summed E-state index contributed by atoms with van der Waals surface area (Å²) in [4.78, 5) is 19.8. The summed E-state index contributed by atoms with van der Waals surface area (Å²) >= 11 is 0. The number of ether oxygens (including phenoxy) is 1. The van der Waals surface area contributed by atoms with E-state index in [0.717, 1.165) is 36.9 Å². The van der Waals surface area contributed by atoms with E-state index in [0.29, 0.717) is 48.9 Å². The maximum Gasteiger partial charge on any atom is 0.320 e. The molecule has 2 amide bonds. The second-order valence-corrected chi connectivity index (χ2v) is 11.7. The summed E-state index contributed by atoms with van der Waals surface area (Å²) in [5.41, 5.74) is 9.32. The molecule has 0 radical (unpaired) electrons. The summed E-state index contributed by atoms with van der Waals surface area (Å²) in [6.45, 7) is 5.15. The lowest BCUT2D eigenvalue weighted by molar-refractivity contribution is 0.170. The Labute approximate surface area is 268 Å². The molecule has 46 heavy (non-hydrogen) atoms. The summed E-state index contributed by atoms with van der Waals surface area (Å²) in [7, 11) is 0. The topological polar surface area (TPSA) is 183 Å². The molecule has 1 aliphatic carbocycles. The van der Waals surface area contributed by atoms with Crippen LogP contribution in [-0.4, -0.2) is 61.4 Å². The van der Waals surface area contributed by atoms with Crippen LogP contribution in [0, 0.1) is 10.8 Å². The van der Waals surface area contributed by atoms with Gasteiger partial charge >= 0.3 is 6.03 Å². The van der Waals surface area contributed by atoms with E-state index in [9.17, 15) is 9.90 Å². The average Bonchev–Trinajstić information content (AvgIpc) is 3.49. The largest absolute Gasteiger partial charge is 0.484 e. The molecule has 2 aromatic heterocycles. The van der Waals surface area contributed by atoms with E-state index < -0.39 is 6.03 Å². The van der Waals surface area contributed by atoms with Gasteiger partial charge in [0.2, 0.25) is 5.96 Å². The summed E-state index contributed by atoms with van der Waals surface area (Å²) < 4.78 is 9.64. The van der Waals surface area contributed by atoms with Crippen molar-refractivity contribution in [1.82, 2.24) is 29.9 Å². The lowest BCUT2D eigenvalue weighted by Gasteiger charge is -2.36. The number of rotatable bonds is 8. The lowest BCUT2D eigenvalue weighted by atomic mass is 9.85. The number of carbonyl (C=O) groups excluding carboxylic acids is 1. The van der Waals surface area contributed by atoms with Crippen molar-refractivity contribution in [2.24, 2.45) is 10.7 Å². The number of amidine groups is 1. The molecule has 3 heterocycles. The van der Waals surface area contributed by atoms with Gasteiger partial charge in [-0.15, -0.1) is 0 Å². The number of aliphatic hydroxyl groups is 1. The number of nitrogens with zero attached hydrogens (tertiary/aromatic N) is 5. The third-order valence-corrected chi connectivity index (χ3v) is 8.41. The molecule has 7 N–H and O–H groups in total. The van der Waals surface area contributed by atoms with Gasteiger partial charge in [0, 0.05) is 18.3 Å². The van der Waals surface area contributed by atoms with E-state index in [1.807, 2.05) is 31.2 Å². The first kappa shape index (κ1) is 32.5. The lowest BCUT2D eigenvalue weighted by Crippen LogP contribution is -2.47. The Morgan fingerprint density at radius 1 is 1.17 bits per heavy atom. The molecular formula is C33H44N10O3. The van der Waals surface area contributed by atoms with Crippen molar-refractivity contribution in [2.75, 3.05) is 13.2 Å². The Bertz CT molecular complexity index is 1660. The molecule has 1 fully saturated rings. The number of aromatic nitrogens is 3. The number of nitrogens with one attached hydrogen (secondary N) is 4. The molecule has 13 heteroatoms. The van der Waals surface area contributed by atoms with Crippen LogP contribution < -0.4 is 26.6 Å². The van der Waals surface area contributed by atoms with Gasteiger partial charge in [0.1, 0.15) is 28.9 Å². The van der Waals surface area contributed by atoms with Crippen LogP contribution in [0.15, 0.2) is 71.8 Å². The number of fused-ring (bicyclic) bond motifs is 1. The molecule has 1 aromatic carbocycles. The number of aliphatic hydroxyl groups excluding tert-OH is 1. The van der Waals surface area contributed by atoms with Gasteiger partial charge in [-0.25, -0.2) is 9.79 Å². The number of hydrogen-bond acceptors (Lipinski definition) is 8. The third kappa shape index (κ3) is 7.83. The molecule has 244 valence electrons. The first-order chi connectivity index (χ1) is 22.2. The highest BCUT2D eigenvalue weighted by molar-refractivity contribution is 6.05. The second kappa shape index (κ2) is 14.9. The fourth-order valence-electron chi connectivity index (χ4n) is 5.92. The normalized spacial score (nSPS) is 20.2. The summed E-state index contributed by atoms with van der Waals surface area (Å²) in [5.74, 6) is 1.15. The Kier molecular flexibility index (Phi) is 10.5. The molecule has 2 aliphatic rings. The van der Waals surface area contributed by atoms with E-state index in [1.54, 1.807) is 46.0 Å². The van der Waals surface area contributed by atoms with Gasteiger partial charge in [-0.1, -0.05) is 31.2 Å².